The zero-order valence-corrected chi connectivity index (χ0v) is 13.0. The number of carboxylic acid groups (broad SMARTS) is 1. The van der Waals surface area contributed by atoms with Gasteiger partial charge in [-0.2, -0.15) is 11.8 Å². The van der Waals surface area contributed by atoms with Crippen LogP contribution in [-0.2, 0) is 6.54 Å². The minimum absolute atomic E-state index is 0.0111. The molecule has 2 heterocycles. The third-order valence-corrected chi connectivity index (χ3v) is 4.43. The van der Waals surface area contributed by atoms with Crippen LogP contribution in [0.3, 0.4) is 0 Å². The van der Waals surface area contributed by atoms with Crippen LogP contribution in [-0.4, -0.2) is 61.7 Å². The molecule has 116 valence electrons. The van der Waals surface area contributed by atoms with Gasteiger partial charge in [-0.3, -0.25) is 0 Å². The van der Waals surface area contributed by atoms with Crippen molar-refractivity contribution in [3.05, 3.63) is 18.2 Å². The van der Waals surface area contributed by atoms with Crippen LogP contribution in [0.1, 0.15) is 24.3 Å². The number of hydrogen-bond donors (Lipinski definition) is 2. The first kappa shape index (κ1) is 15.7. The van der Waals surface area contributed by atoms with Gasteiger partial charge in [0.15, 0.2) is 5.69 Å². The Morgan fingerprint density at radius 1 is 1.43 bits per heavy atom. The predicted octanol–water partition coefficient (Wildman–Crippen LogP) is 1.12. The van der Waals surface area contributed by atoms with E-state index in [0.717, 1.165) is 13.1 Å². The summed E-state index contributed by atoms with van der Waals surface area (Å²) in [6.45, 7) is 6.71. The molecule has 1 aromatic rings. The third-order valence-electron chi connectivity index (χ3n) is 3.21. The lowest BCUT2D eigenvalue weighted by molar-refractivity contribution is 0.0691. The van der Waals surface area contributed by atoms with E-state index in [0.29, 0.717) is 23.6 Å². The number of nitrogens with zero attached hydrogens (tertiary/aromatic N) is 3. The van der Waals surface area contributed by atoms with Gasteiger partial charge in [-0.25, -0.2) is 14.6 Å². The third kappa shape index (κ3) is 4.38. The van der Waals surface area contributed by atoms with E-state index in [4.69, 9.17) is 5.11 Å². The van der Waals surface area contributed by atoms with E-state index in [-0.39, 0.29) is 11.7 Å². The fraction of sp³-hybridized carbons (Fsp3) is 0.615. The molecule has 0 radical (unpaired) electrons. The number of carbonyl (C=O) groups excluding carboxylic acids is 1. The highest BCUT2D eigenvalue weighted by Crippen LogP contribution is 2.24. The molecule has 1 aromatic heterocycles. The first-order valence-corrected chi connectivity index (χ1v) is 7.83. The average molecular weight is 312 g/mol. The standard InChI is InChI=1S/C13H20N4O3S/c1-9-5-17(6-10(2)21-9)13(20)14-3-4-16-7-11(12(18)19)15-8-16/h7-10H,3-6H2,1-2H3,(H,14,20)(H,18,19). The maximum Gasteiger partial charge on any atom is 0.356 e. The molecule has 1 saturated heterocycles. The van der Waals surface area contributed by atoms with Crippen molar-refractivity contribution in [3.63, 3.8) is 0 Å². The number of imidazole rings is 1. The van der Waals surface area contributed by atoms with Crippen LogP contribution in [0.4, 0.5) is 4.79 Å². The van der Waals surface area contributed by atoms with Crippen LogP contribution in [0.2, 0.25) is 0 Å². The molecule has 21 heavy (non-hydrogen) atoms. The van der Waals surface area contributed by atoms with Crippen molar-refractivity contribution in [1.82, 2.24) is 19.8 Å². The maximum atomic E-state index is 12.1. The van der Waals surface area contributed by atoms with Crippen LogP contribution in [0.5, 0.6) is 0 Å². The van der Waals surface area contributed by atoms with Crippen molar-refractivity contribution < 1.29 is 14.7 Å². The van der Waals surface area contributed by atoms with Gasteiger partial charge in [0.25, 0.3) is 0 Å². The Labute approximate surface area is 127 Å². The number of aromatic nitrogens is 2. The van der Waals surface area contributed by atoms with Crippen LogP contribution in [0, 0.1) is 0 Å². The molecule has 0 aromatic carbocycles. The molecule has 0 saturated carbocycles. The van der Waals surface area contributed by atoms with Crippen molar-refractivity contribution in [2.75, 3.05) is 19.6 Å². The summed E-state index contributed by atoms with van der Waals surface area (Å²) in [6, 6.07) is -0.0624. The normalized spacial score (nSPS) is 22.1. The number of amides is 2. The van der Waals surface area contributed by atoms with Gasteiger partial charge >= 0.3 is 12.0 Å². The van der Waals surface area contributed by atoms with Crippen LogP contribution in [0.25, 0.3) is 0 Å². The number of carboxylic acids is 1. The number of carbonyl (C=O) groups is 2. The Balaban J connectivity index is 1.77. The molecule has 0 aliphatic carbocycles. The van der Waals surface area contributed by atoms with Crippen LogP contribution >= 0.6 is 11.8 Å². The van der Waals surface area contributed by atoms with Gasteiger partial charge < -0.3 is 19.9 Å². The summed E-state index contributed by atoms with van der Waals surface area (Å²) in [4.78, 5) is 28.4. The molecule has 2 unspecified atom stereocenters. The Morgan fingerprint density at radius 2 is 2.10 bits per heavy atom. The summed E-state index contributed by atoms with van der Waals surface area (Å²) in [5, 5.41) is 12.5. The lowest BCUT2D eigenvalue weighted by atomic mass is 10.3. The van der Waals surface area contributed by atoms with Gasteiger partial charge in [0.05, 0.1) is 6.33 Å². The molecule has 8 heteroatoms. The van der Waals surface area contributed by atoms with E-state index in [2.05, 4.69) is 24.1 Å². The Bertz CT molecular complexity index is 509. The molecule has 0 bridgehead atoms. The summed E-state index contributed by atoms with van der Waals surface area (Å²) in [7, 11) is 0. The van der Waals surface area contributed by atoms with E-state index in [9.17, 15) is 9.59 Å². The van der Waals surface area contributed by atoms with Crippen molar-refractivity contribution in [2.45, 2.75) is 30.9 Å². The van der Waals surface area contributed by atoms with Gasteiger partial charge in [0.2, 0.25) is 0 Å². The fourth-order valence-electron chi connectivity index (χ4n) is 2.34. The molecule has 1 aliphatic heterocycles. The number of urea groups is 1. The summed E-state index contributed by atoms with van der Waals surface area (Å²) in [5.74, 6) is -1.05. The van der Waals surface area contributed by atoms with E-state index in [1.54, 1.807) is 4.57 Å². The second kappa shape index (κ2) is 6.84. The number of nitrogens with one attached hydrogen (secondary N) is 1. The summed E-state index contributed by atoms with van der Waals surface area (Å²) in [5.41, 5.74) is 0.0111. The molecule has 0 spiro atoms. The minimum atomic E-state index is -1.05. The zero-order valence-electron chi connectivity index (χ0n) is 12.2. The molecule has 2 atom stereocenters. The molecule has 7 nitrogen and oxygen atoms in total. The Hall–Kier alpha value is -1.70. The second-order valence-corrected chi connectivity index (χ2v) is 7.08. The molecule has 2 amide bonds. The minimum Gasteiger partial charge on any atom is -0.476 e. The van der Waals surface area contributed by atoms with E-state index in [1.807, 2.05) is 16.7 Å². The molecule has 2 rings (SSSR count). The Kier molecular flexibility index (Phi) is 5.11. The van der Waals surface area contributed by atoms with Gasteiger partial charge in [-0.15, -0.1) is 0 Å². The number of aromatic carboxylic acids is 1. The van der Waals surface area contributed by atoms with Crippen molar-refractivity contribution >= 4 is 23.8 Å². The highest BCUT2D eigenvalue weighted by molar-refractivity contribution is 8.00. The zero-order chi connectivity index (χ0) is 15.4. The van der Waals surface area contributed by atoms with Gasteiger partial charge in [0, 0.05) is 42.9 Å². The first-order chi connectivity index (χ1) is 9.95. The monoisotopic (exact) mass is 312 g/mol. The molecule has 1 aliphatic rings. The van der Waals surface area contributed by atoms with Crippen LogP contribution < -0.4 is 5.32 Å². The summed E-state index contributed by atoms with van der Waals surface area (Å²) < 4.78 is 1.65. The predicted molar refractivity (Wildman–Crippen MR) is 80.7 cm³/mol. The molecular formula is C13H20N4O3S. The number of thioether (sulfide) groups is 1. The smallest absolute Gasteiger partial charge is 0.356 e. The molecular weight excluding hydrogens is 292 g/mol. The quantitative estimate of drug-likeness (QED) is 0.870. The fourth-order valence-corrected chi connectivity index (χ4v) is 3.67. The van der Waals surface area contributed by atoms with Crippen LogP contribution in [0.15, 0.2) is 12.5 Å². The molecule has 1 fully saturated rings. The largest absolute Gasteiger partial charge is 0.476 e. The SMILES string of the molecule is CC1CN(C(=O)NCCn2cnc(C(=O)O)c2)CC(C)S1. The average Bonchev–Trinajstić information content (AvgIpc) is 2.86. The highest BCUT2D eigenvalue weighted by atomic mass is 32.2. The van der Waals surface area contributed by atoms with Crippen molar-refractivity contribution in [2.24, 2.45) is 0 Å². The topological polar surface area (TPSA) is 87.5 Å². The first-order valence-electron chi connectivity index (χ1n) is 6.89. The van der Waals surface area contributed by atoms with E-state index < -0.39 is 5.97 Å². The second-order valence-electron chi connectivity index (χ2n) is 5.20. The summed E-state index contributed by atoms with van der Waals surface area (Å²) >= 11 is 1.90. The van der Waals surface area contributed by atoms with E-state index >= 15 is 0 Å². The highest BCUT2D eigenvalue weighted by Gasteiger charge is 2.25. The van der Waals surface area contributed by atoms with Gasteiger partial charge in [0.1, 0.15) is 0 Å². The number of hydrogen-bond acceptors (Lipinski definition) is 4. The lowest BCUT2D eigenvalue weighted by Crippen LogP contribution is -2.49. The van der Waals surface area contributed by atoms with Gasteiger partial charge in [-0.05, 0) is 0 Å². The number of rotatable bonds is 4. The van der Waals surface area contributed by atoms with Crippen molar-refractivity contribution in [1.29, 1.82) is 0 Å². The maximum absolute atomic E-state index is 12.1. The van der Waals surface area contributed by atoms with Gasteiger partial charge in [-0.1, -0.05) is 13.8 Å². The summed E-state index contributed by atoms with van der Waals surface area (Å²) in [6.07, 6.45) is 2.91. The van der Waals surface area contributed by atoms with Crippen molar-refractivity contribution in [3.8, 4) is 0 Å². The van der Waals surface area contributed by atoms with E-state index in [1.165, 1.54) is 12.5 Å². The Morgan fingerprint density at radius 3 is 2.67 bits per heavy atom. The lowest BCUT2D eigenvalue weighted by Gasteiger charge is -2.34. The molecule has 2 N–H and O–H groups in total.